The number of carbonyl (C=O) groups excluding carboxylic acids is 2. The van der Waals surface area contributed by atoms with Crippen LogP contribution >= 0.6 is 15.9 Å². The van der Waals surface area contributed by atoms with Gasteiger partial charge in [-0.3, -0.25) is 4.79 Å². The summed E-state index contributed by atoms with van der Waals surface area (Å²) in [5.41, 5.74) is 5.42. The van der Waals surface area contributed by atoms with Crippen molar-refractivity contribution in [2.75, 3.05) is 13.7 Å². The van der Waals surface area contributed by atoms with Gasteiger partial charge >= 0.3 is 5.97 Å². The van der Waals surface area contributed by atoms with Crippen molar-refractivity contribution in [3.63, 3.8) is 0 Å². The number of ether oxygens (including phenoxy) is 3. The zero-order valence-corrected chi connectivity index (χ0v) is 22.3. The molecule has 0 aromatic heterocycles. The third-order valence-corrected chi connectivity index (χ3v) is 7.13. The molecule has 3 aromatic rings. The molecule has 1 heterocycles. The number of benzene rings is 3. The second kappa shape index (κ2) is 10.3. The summed E-state index contributed by atoms with van der Waals surface area (Å²) in [6, 6.07) is 21.1. The van der Waals surface area contributed by atoms with Crippen LogP contribution in [0.5, 0.6) is 11.5 Å². The molecule has 0 saturated heterocycles. The number of hydrogen-bond donors (Lipinski definition) is 1. The summed E-state index contributed by atoms with van der Waals surface area (Å²) in [6.07, 6.45) is 0. The summed E-state index contributed by atoms with van der Waals surface area (Å²) in [5.74, 6) is -0.186. The Morgan fingerprint density at radius 1 is 1.00 bits per heavy atom. The van der Waals surface area contributed by atoms with Crippen LogP contribution in [0, 0.1) is 0 Å². The second-order valence-electron chi connectivity index (χ2n) is 8.79. The molecule has 0 radical (unpaired) electrons. The molecule has 0 amide bonds. The summed E-state index contributed by atoms with van der Waals surface area (Å²) in [5, 5.41) is 3.30. The minimum absolute atomic E-state index is 0.115. The maximum Gasteiger partial charge on any atom is 0.336 e. The van der Waals surface area contributed by atoms with Crippen LogP contribution in [0.2, 0.25) is 0 Å². The third kappa shape index (κ3) is 4.44. The van der Waals surface area contributed by atoms with Crippen molar-refractivity contribution in [1.29, 1.82) is 0 Å². The van der Waals surface area contributed by atoms with Crippen LogP contribution in [0.1, 0.15) is 46.8 Å². The zero-order valence-electron chi connectivity index (χ0n) is 20.8. The van der Waals surface area contributed by atoms with E-state index in [0.717, 1.165) is 16.7 Å². The van der Waals surface area contributed by atoms with Crippen LogP contribution in [-0.4, -0.2) is 25.5 Å². The van der Waals surface area contributed by atoms with Crippen molar-refractivity contribution in [2.24, 2.45) is 0 Å². The van der Waals surface area contributed by atoms with Crippen LogP contribution in [0.25, 0.3) is 5.70 Å². The first-order chi connectivity index (χ1) is 17.9. The molecular weight excluding hydrogens is 534 g/mol. The van der Waals surface area contributed by atoms with E-state index in [9.17, 15) is 9.59 Å². The first-order valence-electron chi connectivity index (χ1n) is 12.0. The number of hydrogen-bond acceptors (Lipinski definition) is 6. The molecule has 5 rings (SSSR count). The maximum atomic E-state index is 13.7. The number of carbonyl (C=O) groups is 2. The number of esters is 1. The van der Waals surface area contributed by atoms with Gasteiger partial charge in [0.2, 0.25) is 0 Å². The summed E-state index contributed by atoms with van der Waals surface area (Å²) >= 11 is 3.66. The number of dihydropyridines is 1. The van der Waals surface area contributed by atoms with E-state index < -0.39 is 11.9 Å². The normalized spacial score (nSPS) is 16.2. The summed E-state index contributed by atoms with van der Waals surface area (Å²) in [6.45, 7) is 4.50. The minimum Gasteiger partial charge on any atom is -0.490 e. The number of methoxy groups -OCH3 is 1. The fourth-order valence-electron chi connectivity index (χ4n) is 4.93. The van der Waals surface area contributed by atoms with Gasteiger partial charge in [-0.15, -0.1) is 0 Å². The summed E-state index contributed by atoms with van der Waals surface area (Å²) in [4.78, 5) is 26.7. The van der Waals surface area contributed by atoms with Crippen molar-refractivity contribution < 1.29 is 23.8 Å². The molecule has 2 aliphatic rings. The highest BCUT2D eigenvalue weighted by molar-refractivity contribution is 9.10. The lowest BCUT2D eigenvalue weighted by Gasteiger charge is -2.29. The lowest BCUT2D eigenvalue weighted by Crippen LogP contribution is -2.29. The number of halogens is 1. The third-order valence-electron chi connectivity index (χ3n) is 6.55. The molecule has 0 saturated carbocycles. The van der Waals surface area contributed by atoms with Gasteiger partial charge in [0.15, 0.2) is 17.3 Å². The topological polar surface area (TPSA) is 73.9 Å². The van der Waals surface area contributed by atoms with Crippen LogP contribution in [0.15, 0.2) is 88.0 Å². The Kier molecular flexibility index (Phi) is 6.89. The number of rotatable bonds is 7. The molecule has 0 fully saturated rings. The predicted octanol–water partition coefficient (Wildman–Crippen LogP) is 6.17. The fourth-order valence-corrected chi connectivity index (χ4v) is 5.50. The second-order valence-corrected chi connectivity index (χ2v) is 9.64. The molecule has 0 unspecified atom stereocenters. The molecule has 7 heteroatoms. The number of Topliss-reactive ketones (excluding diaryl/α,β-unsaturated/α-hetero) is 1. The van der Waals surface area contributed by atoms with E-state index in [4.69, 9.17) is 14.2 Å². The maximum absolute atomic E-state index is 13.7. The number of ketones is 1. The Hall–Kier alpha value is -3.84. The van der Waals surface area contributed by atoms with Gasteiger partial charge in [-0.1, -0.05) is 54.6 Å². The smallest absolute Gasteiger partial charge is 0.336 e. The van der Waals surface area contributed by atoms with Gasteiger partial charge in [0.25, 0.3) is 0 Å². The van der Waals surface area contributed by atoms with E-state index in [2.05, 4.69) is 21.2 Å². The van der Waals surface area contributed by atoms with Crippen LogP contribution in [0.4, 0.5) is 0 Å². The van der Waals surface area contributed by atoms with E-state index >= 15 is 0 Å². The van der Waals surface area contributed by atoms with Crippen molar-refractivity contribution in [3.05, 3.63) is 110 Å². The summed E-state index contributed by atoms with van der Waals surface area (Å²) in [7, 11) is 1.34. The van der Waals surface area contributed by atoms with Crippen LogP contribution < -0.4 is 14.8 Å². The summed E-state index contributed by atoms with van der Waals surface area (Å²) < 4.78 is 18.0. The largest absolute Gasteiger partial charge is 0.490 e. The first kappa shape index (κ1) is 24.8. The Morgan fingerprint density at radius 2 is 1.70 bits per heavy atom. The molecule has 1 aliphatic heterocycles. The number of allylic oxidation sites excluding steroid dienone is 2. The van der Waals surface area contributed by atoms with Gasteiger partial charge in [-0.05, 0) is 53.0 Å². The molecule has 1 aliphatic carbocycles. The highest BCUT2D eigenvalue weighted by Gasteiger charge is 2.43. The lowest BCUT2D eigenvalue weighted by molar-refractivity contribution is -0.136. The van der Waals surface area contributed by atoms with Crippen molar-refractivity contribution in [1.82, 2.24) is 5.32 Å². The molecular formula is C30H26BrNO5. The number of fused-ring (bicyclic) bond motifs is 2. The van der Waals surface area contributed by atoms with E-state index in [-0.39, 0.29) is 5.78 Å². The number of nitrogens with one attached hydrogen (secondary N) is 1. The van der Waals surface area contributed by atoms with E-state index in [1.54, 1.807) is 0 Å². The Balaban J connectivity index is 1.63. The van der Waals surface area contributed by atoms with E-state index in [1.165, 1.54) is 7.11 Å². The molecule has 1 N–H and O–H groups in total. The molecule has 0 bridgehead atoms. The minimum atomic E-state index is -0.651. The fraction of sp³-hybridized carbons (Fsp3) is 0.200. The van der Waals surface area contributed by atoms with Crippen molar-refractivity contribution >= 4 is 33.4 Å². The average molecular weight is 560 g/mol. The molecule has 188 valence electrons. The zero-order chi connectivity index (χ0) is 26.1. The lowest BCUT2D eigenvalue weighted by atomic mass is 9.79. The monoisotopic (exact) mass is 559 g/mol. The van der Waals surface area contributed by atoms with Gasteiger partial charge < -0.3 is 19.5 Å². The van der Waals surface area contributed by atoms with Gasteiger partial charge in [0.05, 0.1) is 29.5 Å². The molecule has 3 aromatic carbocycles. The molecule has 0 spiro atoms. The first-order valence-corrected chi connectivity index (χ1v) is 12.8. The van der Waals surface area contributed by atoms with Gasteiger partial charge in [0, 0.05) is 28.3 Å². The highest BCUT2D eigenvalue weighted by Crippen LogP contribution is 2.49. The Bertz CT molecular complexity index is 1460. The Labute approximate surface area is 224 Å². The van der Waals surface area contributed by atoms with E-state index in [0.29, 0.717) is 57.3 Å². The highest BCUT2D eigenvalue weighted by atomic mass is 79.9. The van der Waals surface area contributed by atoms with Crippen LogP contribution in [-0.2, 0) is 16.1 Å². The average Bonchev–Trinajstić information content (AvgIpc) is 3.19. The predicted molar refractivity (Wildman–Crippen MR) is 144 cm³/mol. The van der Waals surface area contributed by atoms with Gasteiger partial charge in [-0.2, -0.15) is 0 Å². The molecule has 6 nitrogen and oxygen atoms in total. The SMILES string of the molecule is CCOc1cc([C@@H]2C(C(=O)OC)=C(C)NC3=C2C(=O)c2ccccc23)cc(Br)c1OCc1ccccc1. The molecule has 1 atom stereocenters. The van der Waals surface area contributed by atoms with Crippen molar-refractivity contribution in [2.45, 2.75) is 26.4 Å². The van der Waals surface area contributed by atoms with Gasteiger partial charge in [0.1, 0.15) is 6.61 Å². The standard InChI is InChI=1S/C30H26BrNO5/c1-4-36-23-15-19(14-22(31)29(23)37-16-18-10-6-5-7-11-18)25-24(30(34)35-3)17(2)32-27-20-12-8-9-13-21(20)28(33)26(25)27/h5-15,25,32H,4,16H2,1-3H3/t25-/m1/s1. The van der Waals surface area contributed by atoms with Crippen LogP contribution in [0.3, 0.4) is 0 Å². The Morgan fingerprint density at radius 3 is 2.41 bits per heavy atom. The van der Waals surface area contributed by atoms with Crippen molar-refractivity contribution in [3.8, 4) is 11.5 Å². The van der Waals surface area contributed by atoms with E-state index in [1.807, 2.05) is 80.6 Å². The quantitative estimate of drug-likeness (QED) is 0.349. The molecule has 37 heavy (non-hydrogen) atoms. The van der Waals surface area contributed by atoms with Gasteiger partial charge in [-0.25, -0.2) is 4.79 Å².